The van der Waals surface area contributed by atoms with Crippen molar-refractivity contribution in [2.45, 2.75) is 0 Å². The summed E-state index contributed by atoms with van der Waals surface area (Å²) >= 11 is 0. The fourth-order valence-corrected chi connectivity index (χ4v) is 2.26. The number of aromatic nitrogens is 2. The monoisotopic (exact) mass is 303 g/mol. The molecule has 6 nitrogen and oxygen atoms in total. The van der Waals surface area contributed by atoms with Crippen molar-refractivity contribution in [3.8, 4) is 28.5 Å². The van der Waals surface area contributed by atoms with Crippen molar-refractivity contribution in [3.63, 3.8) is 0 Å². The highest BCUT2D eigenvalue weighted by Crippen LogP contribution is 2.38. The van der Waals surface area contributed by atoms with E-state index in [2.05, 4.69) is 20.0 Å². The molecule has 6 heteroatoms. The third-order valence-electron chi connectivity index (χ3n) is 3.29. The Morgan fingerprint density at radius 3 is 1.74 bits per heavy atom. The number of hydrogen-bond acceptors (Lipinski definition) is 4. The summed E-state index contributed by atoms with van der Waals surface area (Å²) in [5, 5.41) is 3.83. The van der Waals surface area contributed by atoms with Gasteiger partial charge in [-0.2, -0.15) is 9.97 Å². The lowest BCUT2D eigenvalue weighted by molar-refractivity contribution is 0.381. The quantitative estimate of drug-likeness (QED) is 0.395. The summed E-state index contributed by atoms with van der Waals surface area (Å²) < 4.78 is 5.21. The molecular formula is C17H13N5O. The molecular weight excluding hydrogens is 290 g/mol. The lowest BCUT2D eigenvalue weighted by Gasteiger charge is -2.11. The fraction of sp³-hybridized carbons (Fsp3) is 0.0588. The molecule has 3 rings (SSSR count). The van der Waals surface area contributed by atoms with Crippen LogP contribution < -0.4 is 4.74 Å². The number of ether oxygens (including phenoxy) is 1. The minimum atomic E-state index is 0.222. The van der Waals surface area contributed by atoms with Crippen LogP contribution in [0.25, 0.3) is 33.0 Å². The Morgan fingerprint density at radius 1 is 0.870 bits per heavy atom. The molecule has 2 aromatic carbocycles. The molecule has 0 fully saturated rings. The summed E-state index contributed by atoms with van der Waals surface area (Å²) in [6.07, 6.45) is 0. The molecule has 1 heterocycles. The Bertz CT molecular complexity index is 798. The second-order valence-electron chi connectivity index (χ2n) is 4.68. The van der Waals surface area contributed by atoms with Gasteiger partial charge in [-0.15, -0.1) is 0 Å². The van der Waals surface area contributed by atoms with E-state index in [4.69, 9.17) is 10.3 Å². The molecule has 0 spiro atoms. The molecule has 1 aromatic heterocycles. The first-order chi connectivity index (χ1) is 11.3. The second-order valence-corrected chi connectivity index (χ2v) is 4.68. The molecule has 0 aliphatic heterocycles. The molecule has 0 aliphatic rings. The molecule has 0 bridgehead atoms. The van der Waals surface area contributed by atoms with Gasteiger partial charge in [0.2, 0.25) is 0 Å². The molecule has 0 N–H and O–H groups in total. The average molecular weight is 303 g/mol. The van der Waals surface area contributed by atoms with Gasteiger partial charge < -0.3 is 4.74 Å². The number of hydrogen-bond donors (Lipinski definition) is 0. The van der Waals surface area contributed by atoms with Crippen molar-refractivity contribution in [1.82, 2.24) is 9.97 Å². The maximum Gasteiger partial charge on any atom is 0.317 e. The molecule has 0 unspecified atom stereocenters. The van der Waals surface area contributed by atoms with E-state index in [1.165, 1.54) is 7.11 Å². The molecule has 0 saturated heterocycles. The number of nitrogens with zero attached hydrogens (tertiary/aromatic N) is 5. The SMILES string of the molecule is COc1nc(-c2ccccc2)c(N=[N+]=[N-])c(-c2ccccc2)n1. The summed E-state index contributed by atoms with van der Waals surface area (Å²) in [6, 6.07) is 19.2. The number of benzene rings is 2. The van der Waals surface area contributed by atoms with Gasteiger partial charge in [0.05, 0.1) is 24.2 Å². The van der Waals surface area contributed by atoms with Crippen LogP contribution in [0.15, 0.2) is 65.8 Å². The molecule has 0 radical (unpaired) electrons. The average Bonchev–Trinajstić information content (AvgIpc) is 2.63. The molecule has 112 valence electrons. The fourth-order valence-electron chi connectivity index (χ4n) is 2.26. The van der Waals surface area contributed by atoms with Gasteiger partial charge >= 0.3 is 6.01 Å². The number of methoxy groups -OCH3 is 1. The van der Waals surface area contributed by atoms with E-state index in [9.17, 15) is 0 Å². The minimum Gasteiger partial charge on any atom is -0.467 e. The van der Waals surface area contributed by atoms with E-state index in [0.717, 1.165) is 11.1 Å². The Kier molecular flexibility index (Phi) is 4.18. The highest BCUT2D eigenvalue weighted by atomic mass is 16.5. The van der Waals surface area contributed by atoms with E-state index in [1.807, 2.05) is 60.7 Å². The van der Waals surface area contributed by atoms with Crippen LogP contribution in [0.3, 0.4) is 0 Å². The first kappa shape index (κ1) is 14.6. The van der Waals surface area contributed by atoms with E-state index < -0.39 is 0 Å². The van der Waals surface area contributed by atoms with Gasteiger partial charge in [0, 0.05) is 16.0 Å². The minimum absolute atomic E-state index is 0.222. The normalized spacial score (nSPS) is 9.96. The third-order valence-corrected chi connectivity index (χ3v) is 3.29. The van der Waals surface area contributed by atoms with Gasteiger partial charge in [-0.05, 0) is 5.53 Å². The Hall–Kier alpha value is -3.37. The predicted octanol–water partition coefficient (Wildman–Crippen LogP) is 4.76. The summed E-state index contributed by atoms with van der Waals surface area (Å²) in [5.41, 5.74) is 12.1. The zero-order valence-corrected chi connectivity index (χ0v) is 12.4. The highest BCUT2D eigenvalue weighted by molar-refractivity contribution is 5.84. The second kappa shape index (κ2) is 6.60. The Labute approximate surface area is 133 Å². The van der Waals surface area contributed by atoms with Gasteiger partial charge in [-0.25, -0.2) is 0 Å². The predicted molar refractivity (Wildman–Crippen MR) is 88.3 cm³/mol. The lowest BCUT2D eigenvalue weighted by Crippen LogP contribution is -1.97. The Balaban J connectivity index is 2.33. The first-order valence-electron chi connectivity index (χ1n) is 6.95. The van der Waals surface area contributed by atoms with Crippen LogP contribution in [0.1, 0.15) is 0 Å². The molecule has 0 atom stereocenters. The summed E-state index contributed by atoms with van der Waals surface area (Å²) in [4.78, 5) is 11.7. The van der Waals surface area contributed by atoms with Crippen molar-refractivity contribution in [1.29, 1.82) is 0 Å². The smallest absolute Gasteiger partial charge is 0.317 e. The van der Waals surface area contributed by atoms with Crippen LogP contribution in [0.5, 0.6) is 6.01 Å². The Morgan fingerprint density at radius 2 is 1.35 bits per heavy atom. The standard InChI is InChI=1S/C17H13N5O/c1-23-17-19-14(12-8-4-2-5-9-12)16(21-22-18)15(20-17)13-10-6-3-7-11-13/h2-11H,1H3. The van der Waals surface area contributed by atoms with E-state index >= 15 is 0 Å². The van der Waals surface area contributed by atoms with E-state index in [0.29, 0.717) is 17.1 Å². The number of rotatable bonds is 4. The zero-order valence-electron chi connectivity index (χ0n) is 12.4. The molecule has 0 saturated carbocycles. The van der Waals surface area contributed by atoms with Crippen LogP contribution in [-0.4, -0.2) is 17.1 Å². The maximum absolute atomic E-state index is 8.96. The topological polar surface area (TPSA) is 83.8 Å². The van der Waals surface area contributed by atoms with Crippen molar-refractivity contribution in [2.75, 3.05) is 7.11 Å². The van der Waals surface area contributed by atoms with E-state index in [-0.39, 0.29) is 6.01 Å². The summed E-state index contributed by atoms with van der Waals surface area (Å²) in [7, 11) is 1.51. The van der Waals surface area contributed by atoms with E-state index in [1.54, 1.807) is 0 Å². The van der Waals surface area contributed by atoms with Crippen LogP contribution in [0.2, 0.25) is 0 Å². The van der Waals surface area contributed by atoms with Gasteiger partial charge in [0.15, 0.2) is 0 Å². The van der Waals surface area contributed by atoms with Crippen molar-refractivity contribution < 1.29 is 4.74 Å². The highest BCUT2D eigenvalue weighted by Gasteiger charge is 2.16. The van der Waals surface area contributed by atoms with Gasteiger partial charge in [0.1, 0.15) is 0 Å². The van der Waals surface area contributed by atoms with Crippen LogP contribution in [-0.2, 0) is 0 Å². The molecule has 0 amide bonds. The van der Waals surface area contributed by atoms with Crippen molar-refractivity contribution in [2.24, 2.45) is 5.11 Å². The van der Waals surface area contributed by atoms with Crippen LogP contribution in [0.4, 0.5) is 5.69 Å². The van der Waals surface area contributed by atoms with Gasteiger partial charge in [-0.1, -0.05) is 65.8 Å². The number of azide groups is 1. The van der Waals surface area contributed by atoms with Crippen molar-refractivity contribution in [3.05, 3.63) is 71.1 Å². The van der Waals surface area contributed by atoms with Gasteiger partial charge in [-0.3, -0.25) is 0 Å². The van der Waals surface area contributed by atoms with Crippen LogP contribution in [0, 0.1) is 0 Å². The summed E-state index contributed by atoms with van der Waals surface area (Å²) in [6.45, 7) is 0. The van der Waals surface area contributed by atoms with Gasteiger partial charge in [0.25, 0.3) is 0 Å². The molecule has 23 heavy (non-hydrogen) atoms. The van der Waals surface area contributed by atoms with Crippen molar-refractivity contribution >= 4 is 5.69 Å². The van der Waals surface area contributed by atoms with Crippen LogP contribution >= 0.6 is 0 Å². The molecule has 3 aromatic rings. The molecule has 0 aliphatic carbocycles. The lowest BCUT2D eigenvalue weighted by atomic mass is 10.1. The largest absolute Gasteiger partial charge is 0.467 e. The maximum atomic E-state index is 8.96. The summed E-state index contributed by atoms with van der Waals surface area (Å²) in [5.74, 6) is 0. The third kappa shape index (κ3) is 2.97. The zero-order chi connectivity index (χ0) is 16.1. The first-order valence-corrected chi connectivity index (χ1v) is 6.95.